The Morgan fingerprint density at radius 3 is 2.38 bits per heavy atom. The quantitative estimate of drug-likeness (QED) is 0.339. The molecule has 1 saturated heterocycles. The predicted octanol–water partition coefficient (Wildman–Crippen LogP) is 1.37. The first kappa shape index (κ1) is 26.3. The van der Waals surface area contributed by atoms with E-state index in [9.17, 15) is 24.6 Å². The monoisotopic (exact) mass is 474 g/mol. The van der Waals surface area contributed by atoms with E-state index in [0.29, 0.717) is 12.3 Å². The van der Waals surface area contributed by atoms with E-state index in [-0.39, 0.29) is 30.1 Å². The number of hydrogen-bond donors (Lipinski definition) is 4. The summed E-state index contributed by atoms with van der Waals surface area (Å²) in [5, 5.41) is 24.7. The lowest BCUT2D eigenvalue weighted by molar-refractivity contribution is -0.135. The highest BCUT2D eigenvalue weighted by atomic mass is 16.6. The zero-order chi connectivity index (χ0) is 24.7. The van der Waals surface area contributed by atoms with Gasteiger partial charge >= 0.3 is 0 Å². The topological polar surface area (TPSA) is 128 Å². The van der Waals surface area contributed by atoms with Crippen LogP contribution in [0.5, 0.6) is 0 Å². The molecule has 2 amide bonds. The van der Waals surface area contributed by atoms with Gasteiger partial charge in [0.2, 0.25) is 11.8 Å². The Labute approximate surface area is 201 Å². The highest BCUT2D eigenvalue weighted by Gasteiger charge is 2.54. The normalized spacial score (nSPS) is 25.9. The first-order chi connectivity index (χ1) is 16.3. The van der Waals surface area contributed by atoms with Crippen LogP contribution >= 0.6 is 0 Å². The van der Waals surface area contributed by atoms with E-state index < -0.39 is 36.8 Å². The van der Waals surface area contributed by atoms with Crippen LogP contribution in [-0.2, 0) is 25.5 Å². The van der Waals surface area contributed by atoms with Crippen molar-refractivity contribution in [2.75, 3.05) is 19.8 Å². The molecule has 1 aromatic carbocycles. The molecule has 5 unspecified atom stereocenters. The van der Waals surface area contributed by atoms with Crippen LogP contribution in [0.3, 0.4) is 0 Å². The molecule has 1 aliphatic carbocycles. The van der Waals surface area contributed by atoms with Gasteiger partial charge in [0, 0.05) is 5.92 Å². The maximum Gasteiger partial charge on any atom is 0.245 e. The molecule has 1 aromatic rings. The summed E-state index contributed by atoms with van der Waals surface area (Å²) < 4.78 is 5.16. The van der Waals surface area contributed by atoms with Crippen LogP contribution in [0.4, 0.5) is 0 Å². The van der Waals surface area contributed by atoms with Gasteiger partial charge in [-0.05, 0) is 43.1 Å². The number of benzene rings is 1. The summed E-state index contributed by atoms with van der Waals surface area (Å²) in [4.78, 5) is 38.7. The molecule has 1 saturated carbocycles. The summed E-state index contributed by atoms with van der Waals surface area (Å²) in [5.41, 5.74) is 0.00281. The molecule has 0 aromatic heterocycles. The standard InChI is InChI=1S/C26H38N2O6/c1-17(2)11-21(23(31)26(15-30)16-34-26)27-25(33)22(14-29)28-24(32)20-10-6-9-19(13-20)12-18-7-4-3-5-8-18/h3-5,7-8,17,19-22,29-30H,6,9-16H2,1-2H3,(H,27,33)(H,28,32). The molecular formula is C26H38N2O6. The second-order valence-corrected chi connectivity index (χ2v) is 10.2. The Hall–Kier alpha value is -2.29. The first-order valence-electron chi connectivity index (χ1n) is 12.3. The van der Waals surface area contributed by atoms with Gasteiger partial charge in [-0.3, -0.25) is 14.4 Å². The lowest BCUT2D eigenvalue weighted by Gasteiger charge is -2.30. The summed E-state index contributed by atoms with van der Waals surface area (Å²) in [6.45, 7) is 2.96. The molecule has 34 heavy (non-hydrogen) atoms. The zero-order valence-corrected chi connectivity index (χ0v) is 20.2. The van der Waals surface area contributed by atoms with Crippen molar-refractivity contribution in [3.05, 3.63) is 35.9 Å². The van der Waals surface area contributed by atoms with Crippen LogP contribution in [0.1, 0.15) is 51.5 Å². The average molecular weight is 475 g/mol. The van der Waals surface area contributed by atoms with E-state index in [1.165, 1.54) is 5.56 Å². The number of carbonyl (C=O) groups is 3. The van der Waals surface area contributed by atoms with Gasteiger partial charge in [0.15, 0.2) is 11.4 Å². The predicted molar refractivity (Wildman–Crippen MR) is 127 cm³/mol. The number of hydrogen-bond acceptors (Lipinski definition) is 6. The maximum atomic E-state index is 13.0. The van der Waals surface area contributed by atoms with E-state index in [2.05, 4.69) is 22.8 Å². The number of amides is 2. The van der Waals surface area contributed by atoms with Gasteiger partial charge in [-0.15, -0.1) is 0 Å². The largest absolute Gasteiger partial charge is 0.394 e. The van der Waals surface area contributed by atoms with Gasteiger partial charge in [-0.1, -0.05) is 57.0 Å². The molecule has 0 radical (unpaired) electrons. The molecule has 3 rings (SSSR count). The van der Waals surface area contributed by atoms with Crippen molar-refractivity contribution in [3.63, 3.8) is 0 Å². The SMILES string of the molecule is CC(C)CC(NC(=O)C(CO)NC(=O)C1CCCC(Cc2ccccc2)C1)C(=O)C1(CO)CO1. The van der Waals surface area contributed by atoms with Crippen LogP contribution in [0.2, 0.25) is 0 Å². The third kappa shape index (κ3) is 6.87. The van der Waals surface area contributed by atoms with Crippen molar-refractivity contribution < 1.29 is 29.3 Å². The van der Waals surface area contributed by atoms with E-state index >= 15 is 0 Å². The minimum absolute atomic E-state index is 0.106. The third-order valence-electron chi connectivity index (χ3n) is 6.87. The fraction of sp³-hybridized carbons (Fsp3) is 0.654. The number of rotatable bonds is 12. The second-order valence-electron chi connectivity index (χ2n) is 10.2. The Bertz CT molecular complexity index is 839. The Kier molecular flexibility index (Phi) is 9.22. The van der Waals surface area contributed by atoms with Gasteiger partial charge in [-0.2, -0.15) is 0 Å². The number of aliphatic hydroxyl groups is 2. The minimum atomic E-state index is -1.25. The molecule has 1 heterocycles. The molecule has 188 valence electrons. The molecule has 2 fully saturated rings. The van der Waals surface area contributed by atoms with Crippen LogP contribution in [0.15, 0.2) is 30.3 Å². The maximum absolute atomic E-state index is 13.0. The average Bonchev–Trinajstić information content (AvgIpc) is 3.63. The fourth-order valence-corrected chi connectivity index (χ4v) is 4.84. The van der Waals surface area contributed by atoms with Crippen molar-refractivity contribution in [3.8, 4) is 0 Å². The number of carbonyl (C=O) groups excluding carboxylic acids is 3. The van der Waals surface area contributed by atoms with Gasteiger partial charge in [0.05, 0.1) is 25.9 Å². The Morgan fingerprint density at radius 1 is 1.09 bits per heavy atom. The Morgan fingerprint density at radius 2 is 1.79 bits per heavy atom. The molecule has 4 N–H and O–H groups in total. The highest BCUT2D eigenvalue weighted by molar-refractivity contribution is 5.98. The third-order valence-corrected chi connectivity index (χ3v) is 6.87. The van der Waals surface area contributed by atoms with Crippen LogP contribution < -0.4 is 10.6 Å². The van der Waals surface area contributed by atoms with Crippen molar-refractivity contribution in [1.82, 2.24) is 10.6 Å². The van der Waals surface area contributed by atoms with Crippen molar-refractivity contribution >= 4 is 17.6 Å². The summed E-state index contributed by atoms with van der Waals surface area (Å²) >= 11 is 0. The smallest absolute Gasteiger partial charge is 0.245 e. The molecular weight excluding hydrogens is 436 g/mol. The number of ether oxygens (including phenoxy) is 1. The van der Waals surface area contributed by atoms with E-state index in [1.54, 1.807) is 0 Å². The summed E-state index contributed by atoms with van der Waals surface area (Å²) in [6, 6.07) is 8.20. The number of Topliss-reactive ketones (excluding diaryl/α,β-unsaturated/α-hetero) is 1. The molecule has 8 nitrogen and oxygen atoms in total. The van der Waals surface area contributed by atoms with Gasteiger partial charge in [0.25, 0.3) is 0 Å². The van der Waals surface area contributed by atoms with E-state index in [1.807, 2.05) is 32.0 Å². The second kappa shape index (κ2) is 11.9. The molecule has 1 aliphatic heterocycles. The summed E-state index contributed by atoms with van der Waals surface area (Å²) in [6.07, 6.45) is 4.79. The van der Waals surface area contributed by atoms with Gasteiger partial charge in [0.1, 0.15) is 6.04 Å². The number of epoxide rings is 1. The van der Waals surface area contributed by atoms with Crippen molar-refractivity contribution in [2.45, 2.75) is 70.1 Å². The minimum Gasteiger partial charge on any atom is -0.394 e. The summed E-state index contributed by atoms with van der Waals surface area (Å²) in [5.74, 6) is -0.938. The molecule has 2 aliphatic rings. The number of ketones is 1. The molecule has 8 heteroatoms. The summed E-state index contributed by atoms with van der Waals surface area (Å²) in [7, 11) is 0. The Balaban J connectivity index is 1.57. The molecule has 5 atom stereocenters. The molecule has 0 spiro atoms. The van der Waals surface area contributed by atoms with Crippen molar-refractivity contribution in [1.29, 1.82) is 0 Å². The zero-order valence-electron chi connectivity index (χ0n) is 20.2. The lowest BCUT2D eigenvalue weighted by Crippen LogP contribution is -2.56. The van der Waals surface area contributed by atoms with Gasteiger partial charge in [-0.25, -0.2) is 0 Å². The van der Waals surface area contributed by atoms with Crippen LogP contribution in [-0.4, -0.2) is 65.3 Å². The van der Waals surface area contributed by atoms with Crippen LogP contribution in [0.25, 0.3) is 0 Å². The van der Waals surface area contributed by atoms with E-state index in [4.69, 9.17) is 4.74 Å². The first-order valence-corrected chi connectivity index (χ1v) is 12.3. The van der Waals surface area contributed by atoms with Crippen molar-refractivity contribution in [2.24, 2.45) is 17.8 Å². The molecule has 0 bridgehead atoms. The highest BCUT2D eigenvalue weighted by Crippen LogP contribution is 2.32. The number of aliphatic hydroxyl groups excluding tert-OH is 2. The van der Waals surface area contributed by atoms with Gasteiger partial charge < -0.3 is 25.6 Å². The lowest BCUT2D eigenvalue weighted by atomic mass is 9.78. The fourth-order valence-electron chi connectivity index (χ4n) is 4.84. The van der Waals surface area contributed by atoms with E-state index in [0.717, 1.165) is 32.1 Å². The number of nitrogens with one attached hydrogen (secondary N) is 2. The van der Waals surface area contributed by atoms with Crippen LogP contribution in [0, 0.1) is 17.8 Å².